The van der Waals surface area contributed by atoms with Gasteiger partial charge in [0.2, 0.25) is 0 Å². The van der Waals surface area contributed by atoms with Crippen molar-refractivity contribution < 1.29 is 0 Å². The Morgan fingerprint density at radius 2 is 1.90 bits per heavy atom. The molecular formula is C18H31N3. The minimum Gasteiger partial charge on any atom is -0.356 e. The fourth-order valence-electron chi connectivity index (χ4n) is 2.77. The lowest BCUT2D eigenvalue weighted by atomic mass is 9.80. The Kier molecular flexibility index (Phi) is 4.62. The van der Waals surface area contributed by atoms with Gasteiger partial charge in [-0.1, -0.05) is 26.8 Å². The van der Waals surface area contributed by atoms with Crippen molar-refractivity contribution in [1.29, 1.82) is 0 Å². The van der Waals surface area contributed by atoms with E-state index in [1.807, 2.05) is 0 Å². The van der Waals surface area contributed by atoms with Crippen molar-refractivity contribution >= 4 is 5.82 Å². The minimum atomic E-state index is 0.128. The molecule has 3 nitrogen and oxygen atoms in total. The molecule has 1 N–H and O–H groups in total. The van der Waals surface area contributed by atoms with E-state index in [1.54, 1.807) is 0 Å². The number of nitrogens with one attached hydrogen (secondary N) is 1. The van der Waals surface area contributed by atoms with Crippen molar-refractivity contribution in [3.63, 3.8) is 0 Å². The third-order valence-corrected chi connectivity index (χ3v) is 4.33. The van der Waals surface area contributed by atoms with Crippen LogP contribution in [0.15, 0.2) is 18.2 Å². The van der Waals surface area contributed by atoms with Gasteiger partial charge in [0.05, 0.1) is 5.69 Å². The van der Waals surface area contributed by atoms with Crippen LogP contribution in [0.1, 0.15) is 53.7 Å². The lowest BCUT2D eigenvalue weighted by molar-refractivity contribution is 0.263. The van der Waals surface area contributed by atoms with Crippen LogP contribution >= 0.6 is 0 Å². The molecule has 1 unspecified atom stereocenters. The van der Waals surface area contributed by atoms with Crippen LogP contribution in [0.2, 0.25) is 0 Å². The second-order valence-corrected chi connectivity index (χ2v) is 8.39. The fraction of sp³-hybridized carbons (Fsp3) is 0.722. The van der Waals surface area contributed by atoms with Crippen LogP contribution in [0, 0.1) is 11.3 Å². The summed E-state index contributed by atoms with van der Waals surface area (Å²) in [4.78, 5) is 7.28. The molecule has 3 heteroatoms. The van der Waals surface area contributed by atoms with E-state index >= 15 is 0 Å². The molecule has 1 fully saturated rings. The predicted octanol–water partition coefficient (Wildman–Crippen LogP) is 3.84. The maximum atomic E-state index is 4.84. The van der Waals surface area contributed by atoms with Crippen LogP contribution in [0.25, 0.3) is 0 Å². The highest BCUT2D eigenvalue weighted by molar-refractivity contribution is 5.40. The number of hydrogen-bond donors (Lipinski definition) is 1. The second-order valence-electron chi connectivity index (χ2n) is 8.39. The first-order chi connectivity index (χ1) is 9.65. The Balaban J connectivity index is 2.02. The summed E-state index contributed by atoms with van der Waals surface area (Å²) in [6.45, 7) is 16.7. The third kappa shape index (κ3) is 4.70. The van der Waals surface area contributed by atoms with Gasteiger partial charge in [0.15, 0.2) is 0 Å². The Labute approximate surface area is 130 Å². The molecule has 118 valence electrons. The van der Waals surface area contributed by atoms with Crippen LogP contribution in [-0.4, -0.2) is 23.6 Å². The van der Waals surface area contributed by atoms with E-state index in [9.17, 15) is 0 Å². The molecule has 1 aromatic heterocycles. The van der Waals surface area contributed by atoms with E-state index in [1.165, 1.54) is 6.42 Å². The molecule has 0 aromatic carbocycles. The smallest absolute Gasteiger partial charge is 0.128 e. The lowest BCUT2D eigenvalue weighted by Crippen LogP contribution is -2.35. The maximum absolute atomic E-state index is 4.84. The van der Waals surface area contributed by atoms with Crippen molar-refractivity contribution in [3.05, 3.63) is 23.9 Å². The SMILES string of the molecule is CC(C)(C)NCc1cccc(N2CCC(C(C)(C)C)C2)n1. The van der Waals surface area contributed by atoms with Crippen LogP contribution in [-0.2, 0) is 6.54 Å². The zero-order chi connectivity index (χ0) is 15.7. The first-order valence-electron chi connectivity index (χ1n) is 8.11. The maximum Gasteiger partial charge on any atom is 0.128 e. The zero-order valence-corrected chi connectivity index (χ0v) is 14.5. The van der Waals surface area contributed by atoms with E-state index in [4.69, 9.17) is 4.98 Å². The fourth-order valence-corrected chi connectivity index (χ4v) is 2.77. The summed E-state index contributed by atoms with van der Waals surface area (Å²) in [5.41, 5.74) is 1.64. The first kappa shape index (κ1) is 16.3. The summed E-state index contributed by atoms with van der Waals surface area (Å²) >= 11 is 0. The molecule has 1 atom stereocenters. The van der Waals surface area contributed by atoms with Crippen LogP contribution in [0.5, 0.6) is 0 Å². The Morgan fingerprint density at radius 3 is 2.48 bits per heavy atom. The summed E-state index contributed by atoms with van der Waals surface area (Å²) < 4.78 is 0. The van der Waals surface area contributed by atoms with Gasteiger partial charge in [-0.2, -0.15) is 0 Å². The lowest BCUT2D eigenvalue weighted by Gasteiger charge is -2.27. The first-order valence-corrected chi connectivity index (χ1v) is 8.11. The quantitative estimate of drug-likeness (QED) is 0.916. The average Bonchev–Trinajstić information content (AvgIpc) is 2.85. The molecule has 2 heterocycles. The molecule has 0 bridgehead atoms. The molecule has 0 amide bonds. The summed E-state index contributed by atoms with van der Waals surface area (Å²) in [6.07, 6.45) is 1.27. The topological polar surface area (TPSA) is 28.2 Å². The summed E-state index contributed by atoms with van der Waals surface area (Å²) in [5.74, 6) is 1.89. The molecule has 2 rings (SSSR count). The van der Waals surface area contributed by atoms with Crippen LogP contribution < -0.4 is 10.2 Å². The summed E-state index contributed by atoms with van der Waals surface area (Å²) in [5, 5.41) is 3.51. The summed E-state index contributed by atoms with van der Waals surface area (Å²) in [6, 6.07) is 6.39. The van der Waals surface area contributed by atoms with Gasteiger partial charge in [0, 0.05) is 25.2 Å². The second kappa shape index (κ2) is 5.96. The zero-order valence-electron chi connectivity index (χ0n) is 14.5. The molecule has 0 saturated carbocycles. The highest BCUT2D eigenvalue weighted by atomic mass is 15.2. The van der Waals surface area contributed by atoms with Crippen molar-refractivity contribution in [2.75, 3.05) is 18.0 Å². The number of hydrogen-bond acceptors (Lipinski definition) is 3. The molecule has 1 saturated heterocycles. The highest BCUT2D eigenvalue weighted by Gasteiger charge is 2.32. The number of anilines is 1. The van der Waals surface area contributed by atoms with Crippen LogP contribution in [0.3, 0.4) is 0 Å². The van der Waals surface area contributed by atoms with E-state index in [0.29, 0.717) is 5.41 Å². The average molecular weight is 289 g/mol. The molecule has 1 aromatic rings. The minimum absolute atomic E-state index is 0.128. The molecule has 0 spiro atoms. The molecule has 1 aliphatic heterocycles. The van der Waals surface area contributed by atoms with Crippen molar-refractivity contribution in [2.45, 2.75) is 60.0 Å². The van der Waals surface area contributed by atoms with Crippen molar-refractivity contribution in [2.24, 2.45) is 11.3 Å². The standard InChI is InChI=1S/C18H31N3/c1-17(2,3)14-10-11-21(13-14)16-9-7-8-15(20-16)12-19-18(4,5)6/h7-9,14,19H,10-13H2,1-6H3. The van der Waals surface area contributed by atoms with Gasteiger partial charge >= 0.3 is 0 Å². The van der Waals surface area contributed by atoms with E-state index in [0.717, 1.165) is 37.1 Å². The van der Waals surface area contributed by atoms with Crippen molar-refractivity contribution in [3.8, 4) is 0 Å². The van der Waals surface area contributed by atoms with Gasteiger partial charge in [-0.05, 0) is 50.7 Å². The highest BCUT2D eigenvalue weighted by Crippen LogP contribution is 2.35. The Morgan fingerprint density at radius 1 is 1.19 bits per heavy atom. The molecule has 1 aliphatic rings. The molecule has 0 aliphatic carbocycles. The number of aromatic nitrogens is 1. The molecule has 0 radical (unpaired) electrons. The van der Waals surface area contributed by atoms with E-state index in [-0.39, 0.29) is 5.54 Å². The summed E-state index contributed by atoms with van der Waals surface area (Å²) in [7, 11) is 0. The molecular weight excluding hydrogens is 258 g/mol. The van der Waals surface area contributed by atoms with Crippen LogP contribution in [0.4, 0.5) is 5.82 Å². The van der Waals surface area contributed by atoms with Crippen molar-refractivity contribution in [1.82, 2.24) is 10.3 Å². The predicted molar refractivity (Wildman–Crippen MR) is 90.6 cm³/mol. The number of pyridine rings is 1. The Hall–Kier alpha value is -1.09. The third-order valence-electron chi connectivity index (χ3n) is 4.33. The van der Waals surface area contributed by atoms with Gasteiger partial charge in [-0.3, -0.25) is 0 Å². The van der Waals surface area contributed by atoms with E-state index in [2.05, 4.69) is 70.0 Å². The van der Waals surface area contributed by atoms with E-state index < -0.39 is 0 Å². The normalized spacial score (nSPS) is 20.1. The monoisotopic (exact) mass is 289 g/mol. The number of nitrogens with zero attached hydrogens (tertiary/aromatic N) is 2. The van der Waals surface area contributed by atoms with Gasteiger partial charge in [0.25, 0.3) is 0 Å². The van der Waals surface area contributed by atoms with Gasteiger partial charge in [0.1, 0.15) is 5.82 Å². The van der Waals surface area contributed by atoms with Gasteiger partial charge < -0.3 is 10.2 Å². The molecule has 21 heavy (non-hydrogen) atoms. The van der Waals surface area contributed by atoms with Gasteiger partial charge in [-0.25, -0.2) is 4.98 Å². The van der Waals surface area contributed by atoms with Gasteiger partial charge in [-0.15, -0.1) is 0 Å². The largest absolute Gasteiger partial charge is 0.356 e. The number of rotatable bonds is 3. The Bertz CT molecular complexity index is 468.